The summed E-state index contributed by atoms with van der Waals surface area (Å²) in [7, 11) is 0. The van der Waals surface area contributed by atoms with Crippen molar-refractivity contribution in [3.05, 3.63) is 84.1 Å². The van der Waals surface area contributed by atoms with Crippen LogP contribution in [0.1, 0.15) is 21.7 Å². The van der Waals surface area contributed by atoms with Crippen molar-refractivity contribution in [3.8, 4) is 5.69 Å². The fourth-order valence-electron chi connectivity index (χ4n) is 2.94. The smallest absolute Gasteiger partial charge is 0.291 e. The van der Waals surface area contributed by atoms with Crippen LogP contribution < -0.4 is 10.6 Å². The van der Waals surface area contributed by atoms with Crippen LogP contribution in [0.3, 0.4) is 0 Å². The van der Waals surface area contributed by atoms with Crippen molar-refractivity contribution in [2.45, 2.75) is 19.0 Å². The molecule has 0 bridgehead atoms. The van der Waals surface area contributed by atoms with Gasteiger partial charge in [-0.3, -0.25) is 14.2 Å². The number of carbonyl (C=O) groups is 2. The number of rotatable bonds is 7. The van der Waals surface area contributed by atoms with E-state index >= 15 is 0 Å². The molecule has 0 spiro atoms. The number of aryl methyl sites for hydroxylation is 2. The third kappa shape index (κ3) is 5.06. The molecule has 2 aromatic heterocycles. The van der Waals surface area contributed by atoms with Gasteiger partial charge in [-0.05, 0) is 73.5 Å². The van der Waals surface area contributed by atoms with Crippen LogP contribution in [0, 0.1) is 13.8 Å². The van der Waals surface area contributed by atoms with E-state index in [9.17, 15) is 9.59 Å². The Morgan fingerprint density at radius 1 is 1.00 bits per heavy atom. The molecule has 8 nitrogen and oxygen atoms in total. The Morgan fingerprint density at radius 2 is 1.75 bits per heavy atom. The summed E-state index contributed by atoms with van der Waals surface area (Å²) in [5.74, 6) is -0.0957. The molecule has 2 heterocycles. The molecule has 0 aliphatic carbocycles. The van der Waals surface area contributed by atoms with Crippen molar-refractivity contribution in [2.24, 2.45) is 0 Å². The van der Waals surface area contributed by atoms with Crippen LogP contribution in [0.2, 0.25) is 0 Å². The first-order chi connectivity index (χ1) is 15.5. The van der Waals surface area contributed by atoms with Crippen molar-refractivity contribution in [2.75, 3.05) is 16.4 Å². The van der Waals surface area contributed by atoms with Gasteiger partial charge in [0.1, 0.15) is 6.33 Å². The number of hydrogen-bond acceptors (Lipinski definition) is 6. The van der Waals surface area contributed by atoms with Gasteiger partial charge in [0.05, 0.1) is 12.0 Å². The van der Waals surface area contributed by atoms with Gasteiger partial charge in [-0.2, -0.15) is 0 Å². The molecule has 2 amide bonds. The van der Waals surface area contributed by atoms with E-state index in [1.54, 1.807) is 42.7 Å². The van der Waals surface area contributed by atoms with Crippen LogP contribution in [0.15, 0.2) is 76.8 Å². The summed E-state index contributed by atoms with van der Waals surface area (Å²) in [5, 5.41) is 14.3. The zero-order valence-electron chi connectivity index (χ0n) is 17.5. The summed E-state index contributed by atoms with van der Waals surface area (Å²) >= 11 is 1.31. The molecule has 9 heteroatoms. The fourth-order valence-corrected chi connectivity index (χ4v) is 3.67. The molecule has 32 heavy (non-hydrogen) atoms. The van der Waals surface area contributed by atoms with Gasteiger partial charge in [-0.1, -0.05) is 17.8 Å². The molecule has 0 radical (unpaired) electrons. The lowest BCUT2D eigenvalue weighted by Gasteiger charge is -2.09. The van der Waals surface area contributed by atoms with Gasteiger partial charge in [-0.15, -0.1) is 10.2 Å². The highest BCUT2D eigenvalue weighted by Crippen LogP contribution is 2.22. The summed E-state index contributed by atoms with van der Waals surface area (Å²) < 4.78 is 6.93. The molecule has 0 saturated carbocycles. The van der Waals surface area contributed by atoms with Gasteiger partial charge in [0.25, 0.3) is 5.91 Å². The molecule has 4 rings (SSSR count). The Hall–Kier alpha value is -3.85. The van der Waals surface area contributed by atoms with E-state index < -0.39 is 0 Å². The predicted molar refractivity (Wildman–Crippen MR) is 123 cm³/mol. The molecule has 2 aromatic carbocycles. The summed E-state index contributed by atoms with van der Waals surface area (Å²) in [4.78, 5) is 24.4. The highest BCUT2D eigenvalue weighted by Gasteiger charge is 2.12. The summed E-state index contributed by atoms with van der Waals surface area (Å²) in [6, 6.07) is 16.2. The average molecular weight is 448 g/mol. The van der Waals surface area contributed by atoms with Gasteiger partial charge in [0, 0.05) is 17.1 Å². The van der Waals surface area contributed by atoms with Gasteiger partial charge in [0.2, 0.25) is 5.91 Å². The highest BCUT2D eigenvalue weighted by molar-refractivity contribution is 7.99. The number of nitrogens with one attached hydrogen (secondary N) is 2. The van der Waals surface area contributed by atoms with Gasteiger partial charge < -0.3 is 15.1 Å². The minimum absolute atomic E-state index is 0.169. The van der Waals surface area contributed by atoms with Crippen LogP contribution >= 0.6 is 11.8 Å². The molecule has 0 unspecified atom stereocenters. The Bertz CT molecular complexity index is 1230. The van der Waals surface area contributed by atoms with E-state index in [2.05, 4.69) is 40.7 Å². The van der Waals surface area contributed by atoms with Gasteiger partial charge >= 0.3 is 0 Å². The predicted octanol–water partition coefficient (Wildman–Crippen LogP) is 4.46. The number of hydrogen-bond donors (Lipinski definition) is 2. The highest BCUT2D eigenvalue weighted by atomic mass is 32.2. The largest absolute Gasteiger partial charge is 0.459 e. The zero-order valence-corrected chi connectivity index (χ0v) is 18.3. The molecule has 0 fully saturated rings. The number of furan rings is 1. The molecule has 0 aliphatic heterocycles. The molecule has 0 saturated heterocycles. The topological polar surface area (TPSA) is 102 Å². The number of aromatic nitrogens is 3. The first-order valence-electron chi connectivity index (χ1n) is 9.85. The molecular weight excluding hydrogens is 426 g/mol. The second-order valence-electron chi connectivity index (χ2n) is 7.10. The lowest BCUT2D eigenvalue weighted by molar-refractivity contribution is -0.113. The number of anilines is 2. The Kier molecular flexibility index (Phi) is 6.37. The number of thioether (sulfide) groups is 1. The summed E-state index contributed by atoms with van der Waals surface area (Å²) in [5.41, 5.74) is 4.56. The van der Waals surface area contributed by atoms with E-state index in [0.29, 0.717) is 16.5 Å². The molecule has 162 valence electrons. The minimum atomic E-state index is -0.337. The fraction of sp³-hybridized carbons (Fsp3) is 0.130. The maximum atomic E-state index is 12.4. The minimum Gasteiger partial charge on any atom is -0.459 e. The van der Waals surface area contributed by atoms with Gasteiger partial charge in [0.15, 0.2) is 10.9 Å². The number of amides is 2. The van der Waals surface area contributed by atoms with Crippen molar-refractivity contribution < 1.29 is 14.0 Å². The maximum Gasteiger partial charge on any atom is 0.291 e. The van der Waals surface area contributed by atoms with Crippen molar-refractivity contribution in [3.63, 3.8) is 0 Å². The maximum absolute atomic E-state index is 12.4. The number of carbonyl (C=O) groups excluding carboxylic acids is 2. The van der Waals surface area contributed by atoms with Crippen molar-refractivity contribution >= 4 is 35.0 Å². The van der Waals surface area contributed by atoms with Crippen molar-refractivity contribution in [1.29, 1.82) is 0 Å². The quantitative estimate of drug-likeness (QED) is 0.406. The van der Waals surface area contributed by atoms with E-state index in [4.69, 9.17) is 4.42 Å². The average Bonchev–Trinajstić information content (AvgIpc) is 3.48. The first-order valence-corrected chi connectivity index (χ1v) is 10.8. The van der Waals surface area contributed by atoms with Crippen LogP contribution in [0.5, 0.6) is 0 Å². The third-order valence-electron chi connectivity index (χ3n) is 4.79. The first kappa shape index (κ1) is 21.4. The van der Waals surface area contributed by atoms with Gasteiger partial charge in [-0.25, -0.2) is 0 Å². The van der Waals surface area contributed by atoms with Crippen LogP contribution in [0.4, 0.5) is 11.4 Å². The third-order valence-corrected chi connectivity index (χ3v) is 5.73. The Morgan fingerprint density at radius 3 is 2.44 bits per heavy atom. The molecule has 4 aromatic rings. The summed E-state index contributed by atoms with van der Waals surface area (Å²) in [6.45, 7) is 4.11. The lowest BCUT2D eigenvalue weighted by atomic mass is 10.1. The Balaban J connectivity index is 1.32. The van der Waals surface area contributed by atoms with Crippen LogP contribution in [0.25, 0.3) is 5.69 Å². The van der Waals surface area contributed by atoms with Crippen LogP contribution in [-0.2, 0) is 4.79 Å². The second-order valence-corrected chi connectivity index (χ2v) is 8.04. The molecule has 0 atom stereocenters. The zero-order chi connectivity index (χ0) is 22.5. The molecule has 2 N–H and O–H groups in total. The number of nitrogens with zero attached hydrogens (tertiary/aromatic N) is 3. The standard InChI is InChI=1S/C23H21N5O3S/c1-15-5-10-19(12-16(15)2)28-14-24-27-23(28)32-13-21(29)25-17-6-8-18(9-7-17)26-22(30)20-4-3-11-31-20/h3-12,14H,13H2,1-2H3,(H,25,29)(H,26,30). The van der Waals surface area contributed by atoms with E-state index in [1.165, 1.54) is 29.2 Å². The SMILES string of the molecule is Cc1ccc(-n2cnnc2SCC(=O)Nc2ccc(NC(=O)c3ccco3)cc2)cc1C. The molecular formula is C23H21N5O3S. The normalized spacial score (nSPS) is 10.7. The van der Waals surface area contributed by atoms with Crippen LogP contribution in [-0.4, -0.2) is 32.3 Å². The second kappa shape index (κ2) is 9.52. The van der Waals surface area contributed by atoms with E-state index in [-0.39, 0.29) is 23.3 Å². The van der Waals surface area contributed by atoms with Crippen molar-refractivity contribution in [1.82, 2.24) is 14.8 Å². The monoisotopic (exact) mass is 447 g/mol. The number of benzene rings is 2. The van der Waals surface area contributed by atoms with E-state index in [1.807, 2.05) is 16.7 Å². The lowest BCUT2D eigenvalue weighted by Crippen LogP contribution is -2.15. The summed E-state index contributed by atoms with van der Waals surface area (Å²) in [6.07, 6.45) is 3.08. The Labute approximate surface area is 189 Å². The van der Waals surface area contributed by atoms with E-state index in [0.717, 1.165) is 5.69 Å². The molecule has 0 aliphatic rings.